The minimum absolute atomic E-state index is 0.0556. The van der Waals surface area contributed by atoms with Gasteiger partial charge in [-0.1, -0.05) is 35.9 Å². The molecule has 21 heavy (non-hydrogen) atoms. The number of benzene rings is 1. The zero-order chi connectivity index (χ0) is 15.5. The zero-order valence-electron chi connectivity index (χ0n) is 11.7. The number of rotatable bonds is 5. The summed E-state index contributed by atoms with van der Waals surface area (Å²) in [6.07, 6.45) is 3.39. The molecule has 2 unspecified atom stereocenters. The molecule has 0 N–H and O–H groups in total. The van der Waals surface area contributed by atoms with Crippen molar-refractivity contribution >= 4 is 27.4 Å². The van der Waals surface area contributed by atoms with Crippen LogP contribution in [0.2, 0.25) is 0 Å². The molecule has 2 atom stereocenters. The smallest absolute Gasteiger partial charge is 0.324 e. The number of hydrogen-bond donors (Lipinski definition) is 0. The second-order valence-corrected chi connectivity index (χ2v) is 7.68. The molecule has 0 heterocycles. The largest absolute Gasteiger partial charge is 0.468 e. The Morgan fingerprint density at radius 1 is 1.38 bits per heavy atom. The lowest BCUT2D eigenvalue weighted by molar-refractivity contribution is -0.140. The van der Waals surface area contributed by atoms with Crippen molar-refractivity contribution in [2.45, 2.75) is 29.4 Å². The molecule has 0 aromatic heterocycles. The van der Waals surface area contributed by atoms with E-state index in [1.54, 1.807) is 18.2 Å². The molecule has 114 valence electrons. The minimum Gasteiger partial charge on any atom is -0.468 e. The van der Waals surface area contributed by atoms with E-state index >= 15 is 0 Å². The van der Waals surface area contributed by atoms with Crippen molar-refractivity contribution in [3.05, 3.63) is 41.4 Å². The van der Waals surface area contributed by atoms with Gasteiger partial charge >= 0.3 is 5.97 Å². The third kappa shape index (κ3) is 3.66. The highest BCUT2D eigenvalue weighted by molar-refractivity contribution is 7.92. The molecule has 1 aliphatic carbocycles. The summed E-state index contributed by atoms with van der Waals surface area (Å²) < 4.78 is 30.0. The summed E-state index contributed by atoms with van der Waals surface area (Å²) in [5, 5.41) is -0.466. The molecule has 1 aliphatic rings. The van der Waals surface area contributed by atoms with Crippen LogP contribution in [0.3, 0.4) is 0 Å². The molecule has 6 heteroatoms. The Morgan fingerprint density at radius 3 is 2.57 bits per heavy atom. The highest BCUT2D eigenvalue weighted by Gasteiger charge is 2.37. The van der Waals surface area contributed by atoms with Gasteiger partial charge in [0, 0.05) is 5.03 Å². The number of carbonyl (C=O) groups is 1. The summed E-state index contributed by atoms with van der Waals surface area (Å²) in [5.41, 5.74) is 0. The van der Waals surface area contributed by atoms with Crippen molar-refractivity contribution in [2.75, 3.05) is 7.11 Å². The molecule has 0 spiro atoms. The van der Waals surface area contributed by atoms with E-state index in [0.29, 0.717) is 12.8 Å². The maximum atomic E-state index is 12.7. The number of allylic oxidation sites excluding steroid dienone is 2. The van der Waals surface area contributed by atoms with Crippen LogP contribution in [0.4, 0.5) is 0 Å². The fourth-order valence-electron chi connectivity index (χ4n) is 2.47. The fourth-order valence-corrected chi connectivity index (χ4v) is 4.52. The van der Waals surface area contributed by atoms with Crippen molar-refractivity contribution in [2.24, 2.45) is 5.92 Å². The predicted octanol–water partition coefficient (Wildman–Crippen LogP) is 2.92. The van der Waals surface area contributed by atoms with E-state index in [1.807, 2.05) is 6.08 Å². The van der Waals surface area contributed by atoms with Crippen LogP contribution in [0.15, 0.2) is 46.3 Å². The van der Waals surface area contributed by atoms with Gasteiger partial charge in [-0.05, 0) is 37.3 Å². The molecule has 1 aromatic carbocycles. The average molecular weight is 329 g/mol. The molecule has 0 saturated carbocycles. The first-order valence-electron chi connectivity index (χ1n) is 6.66. The summed E-state index contributed by atoms with van der Waals surface area (Å²) in [6.45, 7) is 0. The van der Waals surface area contributed by atoms with Crippen LogP contribution in [0.5, 0.6) is 0 Å². The predicted molar refractivity (Wildman–Crippen MR) is 80.7 cm³/mol. The van der Waals surface area contributed by atoms with E-state index in [1.165, 1.54) is 19.2 Å². The van der Waals surface area contributed by atoms with Gasteiger partial charge in [-0.15, -0.1) is 0 Å². The van der Waals surface area contributed by atoms with Gasteiger partial charge in [0.25, 0.3) is 0 Å². The SMILES string of the molecule is COC(=O)C(CC1CC=C(Cl)C1)S(=O)(=O)c1ccccc1. The van der Waals surface area contributed by atoms with Gasteiger partial charge in [0.1, 0.15) is 0 Å². The second-order valence-electron chi connectivity index (χ2n) is 5.06. The fraction of sp³-hybridized carbons (Fsp3) is 0.400. The van der Waals surface area contributed by atoms with Crippen LogP contribution in [-0.2, 0) is 19.4 Å². The van der Waals surface area contributed by atoms with Crippen LogP contribution in [0, 0.1) is 5.92 Å². The van der Waals surface area contributed by atoms with E-state index in [0.717, 1.165) is 5.03 Å². The van der Waals surface area contributed by atoms with Crippen LogP contribution < -0.4 is 0 Å². The van der Waals surface area contributed by atoms with E-state index in [2.05, 4.69) is 4.74 Å². The van der Waals surface area contributed by atoms with Gasteiger partial charge in [0.15, 0.2) is 15.1 Å². The number of halogens is 1. The maximum absolute atomic E-state index is 12.7. The summed E-state index contributed by atoms with van der Waals surface area (Å²) in [5.74, 6) is -0.665. The molecule has 2 rings (SSSR count). The van der Waals surface area contributed by atoms with E-state index in [4.69, 9.17) is 11.6 Å². The highest BCUT2D eigenvalue weighted by atomic mass is 35.5. The van der Waals surface area contributed by atoms with Gasteiger partial charge in [-0.25, -0.2) is 8.42 Å². The van der Waals surface area contributed by atoms with Gasteiger partial charge in [-0.3, -0.25) is 4.79 Å². The summed E-state index contributed by atoms with van der Waals surface area (Å²) in [7, 11) is -2.55. The first kappa shape index (κ1) is 16.0. The molecule has 1 aromatic rings. The Balaban J connectivity index is 2.26. The average Bonchev–Trinajstić information content (AvgIpc) is 2.90. The van der Waals surface area contributed by atoms with Gasteiger partial charge in [0.2, 0.25) is 0 Å². The number of ether oxygens (including phenoxy) is 1. The van der Waals surface area contributed by atoms with Crippen LogP contribution >= 0.6 is 11.6 Å². The highest BCUT2D eigenvalue weighted by Crippen LogP contribution is 2.33. The second kappa shape index (κ2) is 6.62. The minimum atomic E-state index is -3.76. The number of esters is 1. The lowest BCUT2D eigenvalue weighted by atomic mass is 10.0. The number of sulfone groups is 1. The Kier molecular flexibility index (Phi) is 5.06. The first-order valence-corrected chi connectivity index (χ1v) is 8.59. The monoisotopic (exact) mass is 328 g/mol. The molecule has 0 fully saturated rings. The molecule has 0 amide bonds. The molecule has 0 aliphatic heterocycles. The van der Waals surface area contributed by atoms with E-state index in [-0.39, 0.29) is 17.2 Å². The molecular weight excluding hydrogens is 312 g/mol. The number of methoxy groups -OCH3 is 1. The Morgan fingerprint density at radius 2 is 2.05 bits per heavy atom. The van der Waals surface area contributed by atoms with Crippen LogP contribution in [0.1, 0.15) is 19.3 Å². The van der Waals surface area contributed by atoms with Crippen molar-refractivity contribution in [3.63, 3.8) is 0 Å². The van der Waals surface area contributed by atoms with E-state index in [9.17, 15) is 13.2 Å². The Hall–Kier alpha value is -1.33. The number of carbonyl (C=O) groups excluding carboxylic acids is 1. The molecule has 0 radical (unpaired) electrons. The summed E-state index contributed by atoms with van der Waals surface area (Å²) in [6, 6.07) is 7.98. The van der Waals surface area contributed by atoms with E-state index < -0.39 is 21.1 Å². The molecule has 4 nitrogen and oxygen atoms in total. The lowest BCUT2D eigenvalue weighted by Crippen LogP contribution is -2.33. The Bertz CT molecular complexity index is 637. The van der Waals surface area contributed by atoms with Gasteiger partial charge in [-0.2, -0.15) is 0 Å². The summed E-state index contributed by atoms with van der Waals surface area (Å²) >= 11 is 5.93. The van der Waals surface area contributed by atoms with Crippen LogP contribution in [-0.4, -0.2) is 26.7 Å². The number of hydrogen-bond acceptors (Lipinski definition) is 4. The zero-order valence-corrected chi connectivity index (χ0v) is 13.2. The molecular formula is C15H17ClO4S. The topological polar surface area (TPSA) is 60.4 Å². The van der Waals surface area contributed by atoms with Crippen molar-refractivity contribution in [1.82, 2.24) is 0 Å². The maximum Gasteiger partial charge on any atom is 0.324 e. The van der Waals surface area contributed by atoms with Crippen molar-refractivity contribution < 1.29 is 17.9 Å². The third-order valence-corrected chi connectivity index (χ3v) is 5.99. The normalized spacial score (nSPS) is 19.9. The Labute approximate surface area is 129 Å². The van der Waals surface area contributed by atoms with Gasteiger partial charge in [0.05, 0.1) is 12.0 Å². The lowest BCUT2D eigenvalue weighted by Gasteiger charge is -2.19. The quantitative estimate of drug-likeness (QED) is 0.780. The summed E-state index contributed by atoms with van der Waals surface area (Å²) in [4.78, 5) is 12.1. The van der Waals surface area contributed by atoms with Crippen molar-refractivity contribution in [3.8, 4) is 0 Å². The van der Waals surface area contributed by atoms with Crippen LogP contribution in [0.25, 0.3) is 0 Å². The first-order chi connectivity index (χ1) is 9.95. The third-order valence-electron chi connectivity index (χ3n) is 3.61. The van der Waals surface area contributed by atoms with Crippen molar-refractivity contribution in [1.29, 1.82) is 0 Å². The standard InChI is InChI=1S/C15H17ClO4S/c1-20-15(17)14(10-11-7-8-12(16)9-11)21(18,19)13-5-3-2-4-6-13/h2-6,8,11,14H,7,9-10H2,1H3. The molecule has 0 bridgehead atoms. The molecule has 0 saturated heterocycles. The van der Waals surface area contributed by atoms with Gasteiger partial charge < -0.3 is 4.74 Å².